The fraction of sp³-hybridized carbons (Fsp3) is 0.938. The molecule has 0 spiro atoms. The van der Waals surface area contributed by atoms with Gasteiger partial charge in [-0.1, -0.05) is 26.2 Å². The van der Waals surface area contributed by atoms with Gasteiger partial charge in [-0.2, -0.15) is 0 Å². The molecule has 1 saturated carbocycles. The molecule has 122 valence electrons. The van der Waals surface area contributed by atoms with Gasteiger partial charge in [0.05, 0.1) is 31.9 Å². The molecule has 1 N–H and O–H groups in total. The van der Waals surface area contributed by atoms with Crippen molar-refractivity contribution in [2.24, 2.45) is 0 Å². The lowest BCUT2D eigenvalue weighted by Crippen LogP contribution is -2.56. The number of hydrogen-bond acceptors (Lipinski definition) is 4. The first kappa shape index (κ1) is 16.7. The van der Waals surface area contributed by atoms with Gasteiger partial charge in [0.15, 0.2) is 0 Å². The van der Waals surface area contributed by atoms with E-state index in [-0.39, 0.29) is 24.7 Å². The molecule has 0 radical (unpaired) electrons. The van der Waals surface area contributed by atoms with Crippen LogP contribution < -0.4 is 0 Å². The van der Waals surface area contributed by atoms with Crippen LogP contribution in [-0.4, -0.2) is 72.4 Å². The van der Waals surface area contributed by atoms with Gasteiger partial charge in [0.25, 0.3) is 0 Å². The van der Waals surface area contributed by atoms with Gasteiger partial charge in [0, 0.05) is 13.1 Å². The molecule has 0 aromatic carbocycles. The largest absolute Gasteiger partial charge is 0.395 e. The van der Waals surface area contributed by atoms with E-state index in [9.17, 15) is 4.79 Å². The summed E-state index contributed by atoms with van der Waals surface area (Å²) < 4.78 is 5.83. The van der Waals surface area contributed by atoms with Crippen LogP contribution in [0.1, 0.15) is 45.4 Å². The lowest BCUT2D eigenvalue weighted by Gasteiger charge is -2.44. The zero-order valence-corrected chi connectivity index (χ0v) is 13.3. The molecule has 2 unspecified atom stereocenters. The monoisotopic (exact) mass is 298 g/mol. The van der Waals surface area contributed by atoms with Crippen molar-refractivity contribution in [3.63, 3.8) is 0 Å². The fourth-order valence-corrected chi connectivity index (χ4v) is 3.48. The Balaban J connectivity index is 1.90. The van der Waals surface area contributed by atoms with Crippen LogP contribution in [-0.2, 0) is 9.53 Å². The predicted molar refractivity (Wildman–Crippen MR) is 82.1 cm³/mol. The molecule has 2 rings (SSSR count). The van der Waals surface area contributed by atoms with Crippen molar-refractivity contribution in [3.8, 4) is 0 Å². The average Bonchev–Trinajstić information content (AvgIpc) is 2.52. The molecule has 21 heavy (non-hydrogen) atoms. The van der Waals surface area contributed by atoms with Crippen LogP contribution in [0.2, 0.25) is 0 Å². The summed E-state index contributed by atoms with van der Waals surface area (Å²) >= 11 is 0. The van der Waals surface area contributed by atoms with Crippen molar-refractivity contribution in [1.82, 2.24) is 9.80 Å². The van der Waals surface area contributed by atoms with E-state index in [0.717, 1.165) is 38.8 Å². The van der Waals surface area contributed by atoms with E-state index in [2.05, 4.69) is 11.8 Å². The minimum atomic E-state index is 0.117. The number of unbranched alkanes of at least 4 members (excludes halogenated alkanes) is 1. The molecular formula is C16H30N2O3. The average molecular weight is 298 g/mol. The molecule has 1 amide bonds. The number of aliphatic hydroxyl groups is 1. The minimum absolute atomic E-state index is 0.117. The molecule has 5 heteroatoms. The van der Waals surface area contributed by atoms with Crippen molar-refractivity contribution < 1.29 is 14.6 Å². The van der Waals surface area contributed by atoms with Crippen molar-refractivity contribution in [2.45, 2.75) is 57.6 Å². The zero-order chi connectivity index (χ0) is 15.1. The number of fused-ring (bicyclic) bond motifs is 1. The summed E-state index contributed by atoms with van der Waals surface area (Å²) in [4.78, 5) is 16.8. The van der Waals surface area contributed by atoms with Crippen LogP contribution in [0, 0.1) is 0 Å². The Kier molecular flexibility index (Phi) is 6.93. The highest BCUT2D eigenvalue weighted by atomic mass is 16.5. The molecular weight excluding hydrogens is 268 g/mol. The molecule has 0 aromatic rings. The van der Waals surface area contributed by atoms with Crippen LogP contribution in [0.25, 0.3) is 0 Å². The maximum atomic E-state index is 12.6. The van der Waals surface area contributed by atoms with Crippen molar-refractivity contribution in [1.29, 1.82) is 0 Å². The number of ether oxygens (including phenoxy) is 1. The van der Waals surface area contributed by atoms with Gasteiger partial charge in [-0.25, -0.2) is 0 Å². The standard InChI is InChI=1S/C16H30N2O3/c1-2-3-8-17(9-11-19)13-16(20)18-10-12-21-15-7-5-4-6-14(15)18/h14-15,19H,2-13H2,1H3. The summed E-state index contributed by atoms with van der Waals surface area (Å²) in [6.45, 7) is 5.57. The second-order valence-electron chi connectivity index (χ2n) is 6.20. The Hall–Kier alpha value is -0.650. The van der Waals surface area contributed by atoms with Crippen LogP contribution >= 0.6 is 0 Å². The normalized spacial score (nSPS) is 26.0. The smallest absolute Gasteiger partial charge is 0.237 e. The van der Waals surface area contributed by atoms with E-state index in [1.807, 2.05) is 4.90 Å². The number of amides is 1. The topological polar surface area (TPSA) is 53.0 Å². The maximum absolute atomic E-state index is 12.6. The number of hydrogen-bond donors (Lipinski definition) is 1. The third-order valence-electron chi connectivity index (χ3n) is 4.66. The second kappa shape index (κ2) is 8.71. The highest BCUT2D eigenvalue weighted by Crippen LogP contribution is 2.28. The first-order valence-electron chi connectivity index (χ1n) is 8.50. The number of aliphatic hydroxyl groups excluding tert-OH is 1. The van der Waals surface area contributed by atoms with E-state index in [1.165, 1.54) is 12.8 Å². The van der Waals surface area contributed by atoms with Gasteiger partial charge < -0.3 is 14.7 Å². The third-order valence-corrected chi connectivity index (χ3v) is 4.66. The van der Waals surface area contributed by atoms with Crippen molar-refractivity contribution in [3.05, 3.63) is 0 Å². The Labute approximate surface area is 128 Å². The van der Waals surface area contributed by atoms with Crippen LogP contribution in [0.15, 0.2) is 0 Å². The van der Waals surface area contributed by atoms with E-state index < -0.39 is 0 Å². The van der Waals surface area contributed by atoms with Crippen LogP contribution in [0.5, 0.6) is 0 Å². The van der Waals surface area contributed by atoms with Crippen LogP contribution in [0.4, 0.5) is 0 Å². The second-order valence-corrected chi connectivity index (χ2v) is 6.20. The molecule has 0 aromatic heterocycles. The lowest BCUT2D eigenvalue weighted by molar-refractivity contribution is -0.150. The van der Waals surface area contributed by atoms with Gasteiger partial charge in [-0.15, -0.1) is 0 Å². The minimum Gasteiger partial charge on any atom is -0.395 e. The van der Waals surface area contributed by atoms with E-state index >= 15 is 0 Å². The maximum Gasteiger partial charge on any atom is 0.237 e. The predicted octanol–water partition coefficient (Wildman–Crippen LogP) is 1.25. The molecule has 2 fully saturated rings. The Morgan fingerprint density at radius 3 is 2.90 bits per heavy atom. The molecule has 5 nitrogen and oxygen atoms in total. The number of morpholine rings is 1. The summed E-state index contributed by atoms with van der Waals surface area (Å²) in [6.07, 6.45) is 7.01. The Morgan fingerprint density at radius 1 is 1.33 bits per heavy atom. The van der Waals surface area contributed by atoms with Crippen molar-refractivity contribution >= 4 is 5.91 Å². The SMILES string of the molecule is CCCCN(CCO)CC(=O)N1CCOC2CCCCC21. The first-order valence-corrected chi connectivity index (χ1v) is 8.50. The summed E-state index contributed by atoms with van der Waals surface area (Å²) in [7, 11) is 0. The molecule has 1 saturated heterocycles. The lowest BCUT2D eigenvalue weighted by atomic mass is 9.90. The summed E-state index contributed by atoms with van der Waals surface area (Å²) in [5.74, 6) is 0.208. The molecule has 2 aliphatic rings. The number of rotatable bonds is 7. The molecule has 2 atom stereocenters. The zero-order valence-electron chi connectivity index (χ0n) is 13.3. The highest BCUT2D eigenvalue weighted by Gasteiger charge is 2.36. The van der Waals surface area contributed by atoms with Crippen molar-refractivity contribution in [2.75, 3.05) is 39.4 Å². The molecule has 0 bridgehead atoms. The summed E-state index contributed by atoms with van der Waals surface area (Å²) in [6, 6.07) is 0.280. The van der Waals surface area contributed by atoms with E-state index in [1.54, 1.807) is 0 Å². The van der Waals surface area contributed by atoms with Gasteiger partial charge in [-0.3, -0.25) is 9.69 Å². The summed E-state index contributed by atoms with van der Waals surface area (Å²) in [5, 5.41) is 9.16. The molecule has 1 heterocycles. The first-order chi connectivity index (χ1) is 10.3. The van der Waals surface area contributed by atoms with E-state index in [0.29, 0.717) is 19.7 Å². The van der Waals surface area contributed by atoms with Gasteiger partial charge in [-0.05, 0) is 25.8 Å². The van der Waals surface area contributed by atoms with Crippen LogP contribution in [0.3, 0.4) is 0 Å². The number of carbonyl (C=O) groups is 1. The molecule has 1 aliphatic heterocycles. The fourth-order valence-electron chi connectivity index (χ4n) is 3.48. The highest BCUT2D eigenvalue weighted by molar-refractivity contribution is 5.78. The van der Waals surface area contributed by atoms with Gasteiger partial charge in [0.1, 0.15) is 0 Å². The van der Waals surface area contributed by atoms with E-state index in [4.69, 9.17) is 9.84 Å². The third kappa shape index (κ3) is 4.66. The van der Waals surface area contributed by atoms with Gasteiger partial charge >= 0.3 is 0 Å². The molecule has 1 aliphatic carbocycles. The summed E-state index contributed by atoms with van der Waals surface area (Å²) in [5.41, 5.74) is 0. The Morgan fingerprint density at radius 2 is 2.14 bits per heavy atom. The quantitative estimate of drug-likeness (QED) is 0.768. The number of carbonyl (C=O) groups excluding carboxylic acids is 1. The van der Waals surface area contributed by atoms with Gasteiger partial charge in [0.2, 0.25) is 5.91 Å². The number of nitrogens with zero attached hydrogens (tertiary/aromatic N) is 2. The Bertz CT molecular complexity index is 323.